The SMILES string of the molecule is C=CCN(CC=C)C(=O)c1ccc(N2CCNCC2)c(NS(=O)(=O)c2ccc(OC)c(OC)c2)c1.O=C(O)C(F)(F)F. The molecule has 15 heteroatoms. The van der Waals surface area contributed by atoms with Crippen molar-refractivity contribution in [3.05, 3.63) is 67.3 Å². The van der Waals surface area contributed by atoms with Crippen molar-refractivity contribution < 1.29 is 45.8 Å². The number of amides is 1. The predicted octanol–water partition coefficient (Wildman–Crippen LogP) is 3.36. The molecule has 2 aromatic rings. The first-order valence-electron chi connectivity index (χ1n) is 12.4. The zero-order chi connectivity index (χ0) is 31.5. The average molecular weight is 615 g/mol. The maximum Gasteiger partial charge on any atom is 0.490 e. The minimum atomic E-state index is -5.08. The minimum Gasteiger partial charge on any atom is -0.493 e. The topological polar surface area (TPSA) is 138 Å². The number of alkyl halides is 3. The Morgan fingerprint density at radius 2 is 1.62 bits per heavy atom. The van der Waals surface area contributed by atoms with Crippen LogP contribution in [0, 0.1) is 0 Å². The average Bonchev–Trinajstić information content (AvgIpc) is 2.96. The quantitative estimate of drug-likeness (QED) is 0.326. The molecule has 1 amide bonds. The number of methoxy groups -OCH3 is 2. The highest BCUT2D eigenvalue weighted by atomic mass is 32.2. The number of benzene rings is 2. The van der Waals surface area contributed by atoms with Crippen molar-refractivity contribution in [1.82, 2.24) is 10.2 Å². The van der Waals surface area contributed by atoms with E-state index in [4.69, 9.17) is 19.4 Å². The zero-order valence-corrected chi connectivity index (χ0v) is 23.9. The van der Waals surface area contributed by atoms with Crippen molar-refractivity contribution in [3.8, 4) is 11.5 Å². The first kappa shape index (κ1) is 34.0. The van der Waals surface area contributed by atoms with Gasteiger partial charge in [-0.15, -0.1) is 13.2 Å². The molecule has 3 N–H and O–H groups in total. The highest BCUT2D eigenvalue weighted by molar-refractivity contribution is 7.92. The largest absolute Gasteiger partial charge is 0.493 e. The van der Waals surface area contributed by atoms with E-state index in [2.05, 4.69) is 28.1 Å². The maximum absolute atomic E-state index is 13.4. The van der Waals surface area contributed by atoms with E-state index in [0.717, 1.165) is 13.1 Å². The summed E-state index contributed by atoms with van der Waals surface area (Å²) in [5.74, 6) is -2.29. The Morgan fingerprint density at radius 1 is 1.05 bits per heavy atom. The number of carbonyl (C=O) groups excluding carboxylic acids is 1. The molecule has 0 saturated carbocycles. The van der Waals surface area contributed by atoms with Gasteiger partial charge in [-0.1, -0.05) is 12.2 Å². The number of carboxylic acids is 1. The van der Waals surface area contributed by atoms with Gasteiger partial charge < -0.3 is 29.7 Å². The van der Waals surface area contributed by atoms with Crippen LogP contribution >= 0.6 is 0 Å². The number of hydrogen-bond donors (Lipinski definition) is 3. The molecule has 1 heterocycles. The third kappa shape index (κ3) is 9.14. The van der Waals surface area contributed by atoms with E-state index in [9.17, 15) is 26.4 Å². The van der Waals surface area contributed by atoms with Gasteiger partial charge in [-0.25, -0.2) is 13.2 Å². The molecule has 42 heavy (non-hydrogen) atoms. The molecule has 1 aliphatic heterocycles. The molecule has 1 saturated heterocycles. The van der Waals surface area contributed by atoms with Crippen LogP contribution in [0.1, 0.15) is 10.4 Å². The van der Waals surface area contributed by atoms with E-state index in [0.29, 0.717) is 54.6 Å². The number of nitrogens with one attached hydrogen (secondary N) is 2. The van der Waals surface area contributed by atoms with Crippen molar-refractivity contribution in [2.45, 2.75) is 11.1 Å². The number of aliphatic carboxylic acids is 1. The number of sulfonamides is 1. The fourth-order valence-electron chi connectivity index (χ4n) is 3.85. The van der Waals surface area contributed by atoms with E-state index >= 15 is 0 Å². The van der Waals surface area contributed by atoms with Crippen molar-refractivity contribution in [2.75, 3.05) is 63.1 Å². The second-order valence-corrected chi connectivity index (χ2v) is 10.4. The van der Waals surface area contributed by atoms with E-state index in [1.165, 1.54) is 32.4 Å². The lowest BCUT2D eigenvalue weighted by Gasteiger charge is -2.31. The number of nitrogens with zero attached hydrogens (tertiary/aromatic N) is 2. The zero-order valence-electron chi connectivity index (χ0n) is 23.1. The van der Waals surface area contributed by atoms with Gasteiger partial charge in [-0.2, -0.15) is 13.2 Å². The number of ether oxygens (including phenoxy) is 2. The van der Waals surface area contributed by atoms with Crippen LogP contribution in [-0.4, -0.2) is 90.0 Å². The molecular weight excluding hydrogens is 581 g/mol. The standard InChI is InChI=1S/C25H32N4O5S.C2HF3O2/c1-5-13-29(14-6-2)25(30)19-7-9-22(28-15-11-26-12-16-28)21(17-19)27-35(31,32)20-8-10-23(33-3)24(18-20)34-4;3-2(4,5)1(6)7/h5-10,17-18,26-27H,1-2,11-16H2,3-4H3;(H,6,7). The normalized spacial score (nSPS) is 13.2. The van der Waals surface area contributed by atoms with Crippen LogP contribution in [0.15, 0.2) is 66.6 Å². The Morgan fingerprint density at radius 3 is 2.12 bits per heavy atom. The monoisotopic (exact) mass is 614 g/mol. The number of halogens is 3. The number of piperazine rings is 1. The van der Waals surface area contributed by atoms with Crippen molar-refractivity contribution >= 4 is 33.3 Å². The molecule has 1 fully saturated rings. The van der Waals surface area contributed by atoms with Crippen LogP contribution in [0.3, 0.4) is 0 Å². The van der Waals surface area contributed by atoms with Crippen molar-refractivity contribution in [3.63, 3.8) is 0 Å². The van der Waals surface area contributed by atoms with Gasteiger partial charge in [0.25, 0.3) is 15.9 Å². The van der Waals surface area contributed by atoms with Gasteiger partial charge in [0.1, 0.15) is 0 Å². The van der Waals surface area contributed by atoms with E-state index in [1.54, 1.807) is 35.3 Å². The van der Waals surface area contributed by atoms with Crippen LogP contribution < -0.4 is 24.4 Å². The summed E-state index contributed by atoms with van der Waals surface area (Å²) >= 11 is 0. The van der Waals surface area contributed by atoms with Gasteiger partial charge >= 0.3 is 12.1 Å². The fraction of sp³-hybridized carbons (Fsp3) is 0.333. The molecular formula is C27H33F3N4O7S. The molecule has 1 aliphatic rings. The third-order valence-electron chi connectivity index (χ3n) is 5.84. The molecule has 0 aromatic heterocycles. The molecule has 3 rings (SSSR count). The van der Waals surface area contributed by atoms with Crippen molar-refractivity contribution in [2.24, 2.45) is 0 Å². The molecule has 0 radical (unpaired) electrons. The smallest absolute Gasteiger partial charge is 0.490 e. The lowest BCUT2D eigenvalue weighted by atomic mass is 10.1. The molecule has 0 spiro atoms. The minimum absolute atomic E-state index is 0.0121. The molecule has 0 atom stereocenters. The van der Waals surface area contributed by atoms with E-state index in [-0.39, 0.29) is 10.8 Å². The first-order chi connectivity index (χ1) is 19.8. The number of anilines is 2. The van der Waals surface area contributed by atoms with Gasteiger partial charge in [-0.3, -0.25) is 9.52 Å². The molecule has 0 unspecified atom stereocenters. The van der Waals surface area contributed by atoms with Gasteiger partial charge in [0.2, 0.25) is 0 Å². The summed E-state index contributed by atoms with van der Waals surface area (Å²) in [5, 5.41) is 10.4. The van der Waals surface area contributed by atoms with Gasteiger partial charge in [0, 0.05) is 50.9 Å². The Bertz CT molecular complexity index is 1370. The Labute approximate surface area is 242 Å². The van der Waals surface area contributed by atoms with Crippen LogP contribution in [0.5, 0.6) is 11.5 Å². The highest BCUT2D eigenvalue weighted by Crippen LogP contribution is 2.33. The highest BCUT2D eigenvalue weighted by Gasteiger charge is 2.38. The number of carboxylic acid groups (broad SMARTS) is 1. The molecule has 2 aromatic carbocycles. The van der Waals surface area contributed by atoms with Gasteiger partial charge in [-0.05, 0) is 30.3 Å². The summed E-state index contributed by atoms with van der Waals surface area (Å²) in [7, 11) is -1.08. The second kappa shape index (κ2) is 15.1. The maximum atomic E-state index is 13.4. The van der Waals surface area contributed by atoms with Gasteiger partial charge in [0.05, 0.1) is 30.5 Å². The van der Waals surface area contributed by atoms with E-state index in [1.807, 2.05) is 0 Å². The van der Waals surface area contributed by atoms with Crippen molar-refractivity contribution in [1.29, 1.82) is 0 Å². The van der Waals surface area contributed by atoms with Gasteiger partial charge in [0.15, 0.2) is 11.5 Å². The molecule has 0 bridgehead atoms. The summed E-state index contributed by atoms with van der Waals surface area (Å²) in [6.45, 7) is 11.1. The molecule has 0 aliphatic carbocycles. The molecule has 230 valence electrons. The van der Waals surface area contributed by atoms with E-state index < -0.39 is 22.2 Å². The summed E-state index contributed by atoms with van der Waals surface area (Å²) in [6, 6.07) is 9.46. The summed E-state index contributed by atoms with van der Waals surface area (Å²) in [6.07, 6.45) is -1.81. The Balaban J connectivity index is 0.000000782. The first-order valence-corrected chi connectivity index (χ1v) is 13.9. The molecule has 11 nitrogen and oxygen atoms in total. The van der Waals surface area contributed by atoms with Crippen LogP contribution in [0.25, 0.3) is 0 Å². The predicted molar refractivity (Wildman–Crippen MR) is 152 cm³/mol. The lowest BCUT2D eigenvalue weighted by Crippen LogP contribution is -2.43. The van der Waals surface area contributed by atoms with Crippen LogP contribution in [-0.2, 0) is 14.8 Å². The summed E-state index contributed by atoms with van der Waals surface area (Å²) in [4.78, 5) is 25.7. The summed E-state index contributed by atoms with van der Waals surface area (Å²) in [5.41, 5.74) is 1.38. The summed E-state index contributed by atoms with van der Waals surface area (Å²) < 4.78 is 71.6. The fourth-order valence-corrected chi connectivity index (χ4v) is 4.93. The van der Waals surface area contributed by atoms with Crippen LogP contribution in [0.4, 0.5) is 24.5 Å². The second-order valence-electron chi connectivity index (χ2n) is 8.68. The Hall–Kier alpha value is -4.24. The number of carbonyl (C=O) groups is 2. The lowest BCUT2D eigenvalue weighted by molar-refractivity contribution is -0.192. The third-order valence-corrected chi connectivity index (χ3v) is 7.20. The van der Waals surface area contributed by atoms with Crippen LogP contribution in [0.2, 0.25) is 0 Å². The number of hydrogen-bond acceptors (Lipinski definition) is 8. The number of rotatable bonds is 11. The Kier molecular flexibility index (Phi) is 12.2.